The van der Waals surface area contributed by atoms with Crippen LogP contribution in [0.15, 0.2) is 17.0 Å². The van der Waals surface area contributed by atoms with Gasteiger partial charge in [-0.25, -0.2) is 8.42 Å². The van der Waals surface area contributed by atoms with Crippen molar-refractivity contribution in [3.05, 3.63) is 23.5 Å². The Morgan fingerprint density at radius 1 is 1.33 bits per heavy atom. The van der Waals surface area contributed by atoms with E-state index >= 15 is 0 Å². The van der Waals surface area contributed by atoms with E-state index in [0.29, 0.717) is 5.69 Å². The van der Waals surface area contributed by atoms with Gasteiger partial charge in [0.15, 0.2) is 0 Å². The minimum absolute atomic E-state index is 0.0785. The maximum Gasteiger partial charge on any atom is 0.263 e. The Morgan fingerprint density at radius 3 is 2.33 bits per heavy atom. The molecule has 0 unspecified atom stereocenters. The SMILES string of the molecule is Cc1ccc(S(=O)(=O)Cl)c(C)n1. The Hall–Kier alpha value is -0.610. The summed E-state index contributed by atoms with van der Waals surface area (Å²) >= 11 is 0. The lowest BCUT2D eigenvalue weighted by Crippen LogP contribution is -1.97. The van der Waals surface area contributed by atoms with Crippen molar-refractivity contribution in [1.29, 1.82) is 0 Å². The molecule has 0 aromatic carbocycles. The van der Waals surface area contributed by atoms with Crippen LogP contribution >= 0.6 is 10.7 Å². The minimum Gasteiger partial charge on any atom is -0.257 e. The predicted octanol–water partition coefficient (Wildman–Crippen LogP) is 1.63. The quantitative estimate of drug-likeness (QED) is 0.655. The average Bonchev–Trinajstić information content (AvgIpc) is 1.83. The van der Waals surface area contributed by atoms with Gasteiger partial charge in [-0.3, -0.25) is 4.98 Å². The van der Waals surface area contributed by atoms with Crippen LogP contribution in [0.3, 0.4) is 0 Å². The number of pyridine rings is 1. The van der Waals surface area contributed by atoms with Crippen LogP contribution in [0.2, 0.25) is 0 Å². The Bertz CT molecular complexity index is 400. The van der Waals surface area contributed by atoms with E-state index in [-0.39, 0.29) is 4.90 Å². The van der Waals surface area contributed by atoms with E-state index in [9.17, 15) is 8.42 Å². The fourth-order valence-electron chi connectivity index (χ4n) is 0.931. The topological polar surface area (TPSA) is 47.0 Å². The normalized spacial score (nSPS) is 11.6. The number of hydrogen-bond donors (Lipinski definition) is 0. The van der Waals surface area contributed by atoms with Crippen LogP contribution in [0.5, 0.6) is 0 Å². The Labute approximate surface area is 75.8 Å². The summed E-state index contributed by atoms with van der Waals surface area (Å²) in [5.41, 5.74) is 1.21. The number of aryl methyl sites for hydroxylation is 2. The zero-order valence-electron chi connectivity index (χ0n) is 6.70. The summed E-state index contributed by atoms with van der Waals surface area (Å²) in [6, 6.07) is 3.07. The molecule has 0 bridgehead atoms. The van der Waals surface area contributed by atoms with Gasteiger partial charge in [0.1, 0.15) is 4.90 Å². The van der Waals surface area contributed by atoms with Gasteiger partial charge in [-0.15, -0.1) is 0 Å². The number of hydrogen-bond acceptors (Lipinski definition) is 3. The molecule has 1 heterocycles. The molecule has 0 fully saturated rings. The maximum atomic E-state index is 10.9. The monoisotopic (exact) mass is 205 g/mol. The zero-order valence-corrected chi connectivity index (χ0v) is 8.28. The van der Waals surface area contributed by atoms with Crippen LogP contribution in [0.1, 0.15) is 11.4 Å². The molecule has 66 valence electrons. The molecule has 0 aliphatic carbocycles. The summed E-state index contributed by atoms with van der Waals surface area (Å²) in [5, 5.41) is 0. The highest BCUT2D eigenvalue weighted by Crippen LogP contribution is 2.17. The predicted molar refractivity (Wildman–Crippen MR) is 46.7 cm³/mol. The smallest absolute Gasteiger partial charge is 0.257 e. The standard InChI is InChI=1S/C7H8ClNO2S/c1-5-3-4-7(6(2)9-5)12(8,10)11/h3-4H,1-2H3. The van der Waals surface area contributed by atoms with Gasteiger partial charge in [0.2, 0.25) is 0 Å². The van der Waals surface area contributed by atoms with Crippen LogP contribution < -0.4 is 0 Å². The van der Waals surface area contributed by atoms with Crippen molar-refractivity contribution in [2.75, 3.05) is 0 Å². The van der Waals surface area contributed by atoms with Gasteiger partial charge in [0, 0.05) is 16.4 Å². The van der Waals surface area contributed by atoms with E-state index in [1.54, 1.807) is 19.9 Å². The third-order valence-corrected chi connectivity index (χ3v) is 2.89. The van der Waals surface area contributed by atoms with Crippen molar-refractivity contribution in [3.8, 4) is 0 Å². The van der Waals surface area contributed by atoms with E-state index in [1.807, 2.05) is 0 Å². The van der Waals surface area contributed by atoms with Crippen LogP contribution in [0.4, 0.5) is 0 Å². The molecule has 0 N–H and O–H groups in total. The molecule has 1 aromatic rings. The van der Waals surface area contributed by atoms with Crippen LogP contribution in [0.25, 0.3) is 0 Å². The van der Waals surface area contributed by atoms with Crippen LogP contribution in [0, 0.1) is 13.8 Å². The zero-order chi connectivity index (χ0) is 9.35. The lowest BCUT2D eigenvalue weighted by atomic mass is 10.3. The van der Waals surface area contributed by atoms with E-state index in [4.69, 9.17) is 10.7 Å². The number of halogens is 1. The van der Waals surface area contributed by atoms with E-state index < -0.39 is 9.05 Å². The van der Waals surface area contributed by atoms with Gasteiger partial charge >= 0.3 is 0 Å². The highest BCUT2D eigenvalue weighted by Gasteiger charge is 2.13. The Morgan fingerprint density at radius 2 is 1.92 bits per heavy atom. The van der Waals surface area contributed by atoms with Gasteiger partial charge in [-0.1, -0.05) is 0 Å². The van der Waals surface area contributed by atoms with E-state index in [2.05, 4.69) is 4.98 Å². The molecule has 0 spiro atoms. The first-order chi connectivity index (χ1) is 5.41. The van der Waals surface area contributed by atoms with Crippen molar-refractivity contribution < 1.29 is 8.42 Å². The highest BCUT2D eigenvalue weighted by molar-refractivity contribution is 8.13. The first kappa shape index (κ1) is 9.48. The molecular formula is C7H8ClNO2S. The van der Waals surface area contributed by atoms with E-state index in [1.165, 1.54) is 6.07 Å². The molecule has 0 atom stereocenters. The summed E-state index contributed by atoms with van der Waals surface area (Å²) in [7, 11) is 1.51. The first-order valence-electron chi connectivity index (χ1n) is 3.30. The molecule has 3 nitrogen and oxygen atoms in total. The van der Waals surface area contributed by atoms with Gasteiger partial charge < -0.3 is 0 Å². The Kier molecular flexibility index (Phi) is 2.39. The molecule has 0 amide bonds. The van der Waals surface area contributed by atoms with Gasteiger partial charge in [0.25, 0.3) is 9.05 Å². The van der Waals surface area contributed by atoms with Crippen LogP contribution in [-0.2, 0) is 9.05 Å². The molecule has 1 aromatic heterocycles. The third kappa shape index (κ3) is 1.95. The van der Waals surface area contributed by atoms with Crippen LogP contribution in [-0.4, -0.2) is 13.4 Å². The minimum atomic E-state index is -3.64. The summed E-state index contributed by atoms with van der Waals surface area (Å²) in [6.45, 7) is 3.40. The summed E-state index contributed by atoms with van der Waals surface area (Å²) < 4.78 is 21.8. The molecule has 0 radical (unpaired) electrons. The number of rotatable bonds is 1. The third-order valence-electron chi connectivity index (χ3n) is 1.44. The highest BCUT2D eigenvalue weighted by atomic mass is 35.7. The summed E-state index contributed by atoms with van der Waals surface area (Å²) in [6.07, 6.45) is 0. The fourth-order valence-corrected chi connectivity index (χ4v) is 2.05. The summed E-state index contributed by atoms with van der Waals surface area (Å²) in [4.78, 5) is 4.05. The van der Waals surface area contributed by atoms with Gasteiger partial charge in [-0.05, 0) is 26.0 Å². The second kappa shape index (κ2) is 3.03. The number of nitrogens with zero attached hydrogens (tertiary/aromatic N) is 1. The molecule has 5 heteroatoms. The molecule has 12 heavy (non-hydrogen) atoms. The maximum absolute atomic E-state index is 10.9. The molecule has 0 saturated heterocycles. The van der Waals surface area contributed by atoms with Crippen molar-refractivity contribution in [2.24, 2.45) is 0 Å². The lowest BCUT2D eigenvalue weighted by molar-refractivity contribution is 0.608. The van der Waals surface area contributed by atoms with Crippen molar-refractivity contribution >= 4 is 19.7 Å². The average molecular weight is 206 g/mol. The molecule has 0 aliphatic rings. The van der Waals surface area contributed by atoms with Crippen molar-refractivity contribution in [2.45, 2.75) is 18.7 Å². The molecule has 1 rings (SSSR count). The van der Waals surface area contributed by atoms with Gasteiger partial charge in [0.05, 0.1) is 5.69 Å². The first-order valence-corrected chi connectivity index (χ1v) is 5.61. The van der Waals surface area contributed by atoms with Gasteiger partial charge in [-0.2, -0.15) is 0 Å². The second-order valence-corrected chi connectivity index (χ2v) is 5.01. The van der Waals surface area contributed by atoms with Crippen molar-refractivity contribution in [3.63, 3.8) is 0 Å². The molecule has 0 aliphatic heterocycles. The van der Waals surface area contributed by atoms with E-state index in [0.717, 1.165) is 5.69 Å². The lowest BCUT2D eigenvalue weighted by Gasteiger charge is -2.00. The molecule has 0 saturated carbocycles. The fraction of sp³-hybridized carbons (Fsp3) is 0.286. The second-order valence-electron chi connectivity index (χ2n) is 2.47. The van der Waals surface area contributed by atoms with Crippen molar-refractivity contribution in [1.82, 2.24) is 4.98 Å². The number of aromatic nitrogens is 1. The Balaban J connectivity index is 3.39. The molecular weight excluding hydrogens is 198 g/mol. The largest absolute Gasteiger partial charge is 0.263 e. The summed E-state index contributed by atoms with van der Waals surface area (Å²) in [5.74, 6) is 0.